The summed E-state index contributed by atoms with van der Waals surface area (Å²) in [4.78, 5) is 4.11. The minimum atomic E-state index is 0.780. The quantitative estimate of drug-likeness (QED) is 0.913. The van der Waals surface area contributed by atoms with Crippen LogP contribution in [0.3, 0.4) is 0 Å². The number of nitrogens with one attached hydrogen (secondary N) is 1. The molecule has 0 bridgehead atoms. The van der Waals surface area contributed by atoms with Crippen LogP contribution in [0.15, 0.2) is 47.2 Å². The van der Waals surface area contributed by atoms with Crippen LogP contribution in [-0.4, -0.2) is 11.5 Å². The van der Waals surface area contributed by atoms with Crippen molar-refractivity contribution in [2.24, 2.45) is 0 Å². The van der Waals surface area contributed by atoms with Crippen molar-refractivity contribution in [1.82, 2.24) is 10.3 Å². The molecule has 1 aromatic heterocycles. The summed E-state index contributed by atoms with van der Waals surface area (Å²) in [5.41, 5.74) is 1.10. The fraction of sp³-hybridized carbons (Fsp3) is 0.214. The summed E-state index contributed by atoms with van der Waals surface area (Å²) < 4.78 is 6.85. The van der Waals surface area contributed by atoms with Crippen LogP contribution in [0.1, 0.15) is 12.5 Å². The molecule has 0 aliphatic rings. The van der Waals surface area contributed by atoms with Crippen molar-refractivity contribution in [1.29, 1.82) is 0 Å². The summed E-state index contributed by atoms with van der Waals surface area (Å²) in [6, 6.07) is 9.74. The molecule has 0 aliphatic heterocycles. The van der Waals surface area contributed by atoms with Gasteiger partial charge in [0.2, 0.25) is 0 Å². The lowest BCUT2D eigenvalue weighted by Gasteiger charge is -2.11. The van der Waals surface area contributed by atoms with E-state index in [9.17, 15) is 0 Å². The first-order valence-corrected chi connectivity index (χ1v) is 6.66. The number of hydrogen-bond donors (Lipinski definition) is 1. The fourth-order valence-corrected chi connectivity index (χ4v) is 1.94. The number of aromatic nitrogens is 1. The normalized spacial score (nSPS) is 10.3. The van der Waals surface area contributed by atoms with E-state index in [0.29, 0.717) is 0 Å². The van der Waals surface area contributed by atoms with Crippen LogP contribution in [0.2, 0.25) is 0 Å². The van der Waals surface area contributed by atoms with E-state index in [0.717, 1.165) is 34.6 Å². The zero-order chi connectivity index (χ0) is 12.8. The standard InChI is InChI=1S/C14H15BrN2O/c1-2-16-9-11-6-7-17-10-14(11)18-13-5-3-4-12(15)8-13/h3-8,10,16H,2,9H2,1H3. The van der Waals surface area contributed by atoms with Crippen LogP contribution in [0.5, 0.6) is 11.5 Å². The lowest BCUT2D eigenvalue weighted by Crippen LogP contribution is -2.12. The molecule has 0 saturated carbocycles. The Kier molecular flexibility index (Phi) is 4.73. The minimum Gasteiger partial charge on any atom is -0.455 e. The molecule has 0 spiro atoms. The van der Waals surface area contributed by atoms with E-state index in [2.05, 4.69) is 33.2 Å². The molecule has 0 saturated heterocycles. The van der Waals surface area contributed by atoms with Gasteiger partial charge in [-0.3, -0.25) is 4.98 Å². The summed E-state index contributed by atoms with van der Waals surface area (Å²) in [5, 5.41) is 3.29. The second-order valence-corrected chi connectivity index (χ2v) is 4.74. The largest absolute Gasteiger partial charge is 0.455 e. The number of rotatable bonds is 5. The molecular formula is C14H15BrN2O. The first-order valence-electron chi connectivity index (χ1n) is 5.86. The summed E-state index contributed by atoms with van der Waals surface area (Å²) in [6.07, 6.45) is 3.52. The molecular weight excluding hydrogens is 292 g/mol. The van der Waals surface area contributed by atoms with E-state index in [1.54, 1.807) is 12.4 Å². The Labute approximate surface area is 115 Å². The first kappa shape index (κ1) is 13.1. The van der Waals surface area contributed by atoms with Crippen LogP contribution in [0.25, 0.3) is 0 Å². The molecule has 2 rings (SSSR count). The summed E-state index contributed by atoms with van der Waals surface area (Å²) in [7, 11) is 0. The summed E-state index contributed by atoms with van der Waals surface area (Å²) in [6.45, 7) is 3.79. The molecule has 1 aromatic carbocycles. The second kappa shape index (κ2) is 6.52. The maximum Gasteiger partial charge on any atom is 0.150 e. The molecule has 4 heteroatoms. The van der Waals surface area contributed by atoms with Gasteiger partial charge in [-0.2, -0.15) is 0 Å². The molecule has 94 valence electrons. The molecule has 3 nitrogen and oxygen atoms in total. The van der Waals surface area contributed by atoms with Gasteiger partial charge in [0.15, 0.2) is 0 Å². The van der Waals surface area contributed by atoms with Crippen molar-refractivity contribution in [2.45, 2.75) is 13.5 Å². The van der Waals surface area contributed by atoms with Gasteiger partial charge in [0.25, 0.3) is 0 Å². The zero-order valence-electron chi connectivity index (χ0n) is 10.2. The van der Waals surface area contributed by atoms with Crippen molar-refractivity contribution in [3.8, 4) is 11.5 Å². The van der Waals surface area contributed by atoms with Crippen molar-refractivity contribution in [3.63, 3.8) is 0 Å². The van der Waals surface area contributed by atoms with Crippen LogP contribution in [0.4, 0.5) is 0 Å². The maximum absolute atomic E-state index is 5.85. The third kappa shape index (κ3) is 3.55. The van der Waals surface area contributed by atoms with E-state index < -0.39 is 0 Å². The highest BCUT2D eigenvalue weighted by atomic mass is 79.9. The third-order valence-corrected chi connectivity index (χ3v) is 2.95. The highest BCUT2D eigenvalue weighted by Crippen LogP contribution is 2.26. The maximum atomic E-state index is 5.85. The van der Waals surface area contributed by atoms with Gasteiger partial charge >= 0.3 is 0 Å². The van der Waals surface area contributed by atoms with Crippen LogP contribution in [-0.2, 0) is 6.54 Å². The molecule has 18 heavy (non-hydrogen) atoms. The summed E-state index contributed by atoms with van der Waals surface area (Å²) >= 11 is 3.43. The van der Waals surface area contributed by atoms with E-state index in [1.807, 2.05) is 30.3 Å². The van der Waals surface area contributed by atoms with Crippen LogP contribution < -0.4 is 10.1 Å². The van der Waals surface area contributed by atoms with Gasteiger partial charge in [0.1, 0.15) is 11.5 Å². The first-order chi connectivity index (χ1) is 8.79. The minimum absolute atomic E-state index is 0.780. The van der Waals surface area contributed by atoms with Crippen molar-refractivity contribution in [2.75, 3.05) is 6.54 Å². The van der Waals surface area contributed by atoms with Crippen molar-refractivity contribution >= 4 is 15.9 Å². The molecule has 2 aromatic rings. The Morgan fingerprint density at radius 1 is 1.33 bits per heavy atom. The molecule has 0 radical (unpaired) electrons. The Balaban J connectivity index is 2.17. The van der Waals surface area contributed by atoms with Crippen LogP contribution >= 0.6 is 15.9 Å². The summed E-state index contributed by atoms with van der Waals surface area (Å²) in [5.74, 6) is 1.59. The van der Waals surface area contributed by atoms with Gasteiger partial charge in [0.05, 0.1) is 6.20 Å². The van der Waals surface area contributed by atoms with Gasteiger partial charge in [-0.15, -0.1) is 0 Å². The SMILES string of the molecule is CCNCc1ccncc1Oc1cccc(Br)c1. The predicted octanol–water partition coefficient (Wildman–Crippen LogP) is 3.75. The monoisotopic (exact) mass is 306 g/mol. The molecule has 0 amide bonds. The number of hydrogen-bond acceptors (Lipinski definition) is 3. The average molecular weight is 307 g/mol. The Hall–Kier alpha value is -1.39. The Morgan fingerprint density at radius 2 is 2.22 bits per heavy atom. The van der Waals surface area contributed by atoms with Gasteiger partial charge in [0, 0.05) is 22.8 Å². The van der Waals surface area contributed by atoms with Gasteiger partial charge < -0.3 is 10.1 Å². The number of halogens is 1. The lowest BCUT2D eigenvalue weighted by atomic mass is 10.2. The smallest absolute Gasteiger partial charge is 0.150 e. The van der Waals surface area contributed by atoms with Crippen molar-refractivity contribution in [3.05, 3.63) is 52.8 Å². The Morgan fingerprint density at radius 3 is 3.00 bits per heavy atom. The van der Waals surface area contributed by atoms with Gasteiger partial charge in [-0.25, -0.2) is 0 Å². The predicted molar refractivity (Wildman–Crippen MR) is 75.8 cm³/mol. The number of benzene rings is 1. The Bertz CT molecular complexity index is 517. The molecule has 0 atom stereocenters. The topological polar surface area (TPSA) is 34.2 Å². The molecule has 1 N–H and O–H groups in total. The fourth-order valence-electron chi connectivity index (χ4n) is 1.56. The molecule has 1 heterocycles. The number of pyridine rings is 1. The van der Waals surface area contributed by atoms with Crippen LogP contribution in [0, 0.1) is 0 Å². The molecule has 0 unspecified atom stereocenters. The van der Waals surface area contributed by atoms with Gasteiger partial charge in [-0.05, 0) is 30.8 Å². The number of nitrogens with zero attached hydrogens (tertiary/aromatic N) is 1. The zero-order valence-corrected chi connectivity index (χ0v) is 11.8. The lowest BCUT2D eigenvalue weighted by molar-refractivity contribution is 0.470. The van der Waals surface area contributed by atoms with Gasteiger partial charge in [-0.1, -0.05) is 28.9 Å². The number of ether oxygens (including phenoxy) is 1. The van der Waals surface area contributed by atoms with Crippen molar-refractivity contribution < 1.29 is 4.74 Å². The highest BCUT2D eigenvalue weighted by molar-refractivity contribution is 9.10. The van der Waals surface area contributed by atoms with E-state index in [-0.39, 0.29) is 0 Å². The molecule has 0 aliphatic carbocycles. The molecule has 0 fully saturated rings. The second-order valence-electron chi connectivity index (χ2n) is 3.82. The van der Waals surface area contributed by atoms with E-state index in [1.165, 1.54) is 0 Å². The van der Waals surface area contributed by atoms with E-state index in [4.69, 9.17) is 4.74 Å². The average Bonchev–Trinajstić information content (AvgIpc) is 2.38. The van der Waals surface area contributed by atoms with E-state index >= 15 is 0 Å². The highest BCUT2D eigenvalue weighted by Gasteiger charge is 2.04. The third-order valence-electron chi connectivity index (χ3n) is 2.46.